The van der Waals surface area contributed by atoms with E-state index < -0.39 is 9.84 Å². The SMILES string of the molecule is CN(CCS(C)(=O)=O)Cc1cc(Cl)cc(Cl)c1O. The van der Waals surface area contributed by atoms with Crippen LogP contribution >= 0.6 is 23.2 Å². The average Bonchev–Trinajstić information content (AvgIpc) is 2.21. The Labute approximate surface area is 117 Å². The van der Waals surface area contributed by atoms with Crippen molar-refractivity contribution in [2.75, 3.05) is 25.6 Å². The van der Waals surface area contributed by atoms with Gasteiger partial charge in [-0.1, -0.05) is 23.2 Å². The maximum Gasteiger partial charge on any atom is 0.148 e. The third-order valence-corrected chi connectivity index (χ3v) is 3.82. The van der Waals surface area contributed by atoms with Gasteiger partial charge in [0.2, 0.25) is 0 Å². The van der Waals surface area contributed by atoms with Crippen molar-refractivity contribution in [1.29, 1.82) is 0 Å². The minimum atomic E-state index is -2.99. The van der Waals surface area contributed by atoms with Crippen LogP contribution < -0.4 is 0 Å². The van der Waals surface area contributed by atoms with Gasteiger partial charge in [-0.05, 0) is 19.2 Å². The van der Waals surface area contributed by atoms with Gasteiger partial charge in [0, 0.05) is 29.9 Å². The van der Waals surface area contributed by atoms with Crippen LogP contribution in [-0.4, -0.2) is 44.0 Å². The molecule has 7 heteroatoms. The van der Waals surface area contributed by atoms with Crippen LogP contribution in [0.15, 0.2) is 12.1 Å². The molecule has 0 aliphatic carbocycles. The number of aromatic hydroxyl groups is 1. The lowest BCUT2D eigenvalue weighted by molar-refractivity contribution is 0.338. The van der Waals surface area contributed by atoms with Crippen molar-refractivity contribution in [2.45, 2.75) is 6.54 Å². The van der Waals surface area contributed by atoms with Gasteiger partial charge < -0.3 is 10.0 Å². The van der Waals surface area contributed by atoms with E-state index in [2.05, 4.69) is 0 Å². The highest BCUT2D eigenvalue weighted by Gasteiger charge is 2.11. The Kier molecular flexibility index (Phi) is 5.28. The second kappa shape index (κ2) is 6.10. The topological polar surface area (TPSA) is 57.6 Å². The maximum absolute atomic E-state index is 11.0. The number of nitrogens with zero attached hydrogens (tertiary/aromatic N) is 1. The van der Waals surface area contributed by atoms with Crippen LogP contribution in [0.2, 0.25) is 10.0 Å². The number of hydrogen-bond donors (Lipinski definition) is 1. The van der Waals surface area contributed by atoms with Crippen LogP contribution in [-0.2, 0) is 16.4 Å². The van der Waals surface area contributed by atoms with Gasteiger partial charge in [-0.15, -0.1) is 0 Å². The summed E-state index contributed by atoms with van der Waals surface area (Å²) >= 11 is 11.6. The monoisotopic (exact) mass is 311 g/mol. The van der Waals surface area contributed by atoms with Crippen LogP contribution in [0.3, 0.4) is 0 Å². The zero-order valence-electron chi connectivity index (χ0n) is 10.2. The second-order valence-corrected chi connectivity index (χ2v) is 7.37. The summed E-state index contributed by atoms with van der Waals surface area (Å²) in [6.45, 7) is 0.754. The van der Waals surface area contributed by atoms with Gasteiger partial charge in [0.25, 0.3) is 0 Å². The second-order valence-electron chi connectivity index (χ2n) is 4.26. The summed E-state index contributed by atoms with van der Waals surface area (Å²) in [5.74, 6) is 0.0470. The summed E-state index contributed by atoms with van der Waals surface area (Å²) in [4.78, 5) is 1.78. The summed E-state index contributed by atoms with van der Waals surface area (Å²) in [5.41, 5.74) is 0.573. The number of benzene rings is 1. The fourth-order valence-corrected chi connectivity index (χ4v) is 2.61. The molecule has 102 valence electrons. The smallest absolute Gasteiger partial charge is 0.148 e. The van der Waals surface area contributed by atoms with E-state index in [1.807, 2.05) is 0 Å². The van der Waals surface area contributed by atoms with E-state index in [-0.39, 0.29) is 16.5 Å². The third kappa shape index (κ3) is 5.02. The molecular weight excluding hydrogens is 297 g/mol. The predicted molar refractivity (Wildman–Crippen MR) is 74.2 cm³/mol. The van der Waals surface area contributed by atoms with Crippen molar-refractivity contribution in [3.05, 3.63) is 27.7 Å². The Hall–Kier alpha value is -0.490. The summed E-state index contributed by atoms with van der Waals surface area (Å²) in [6.07, 6.45) is 1.19. The highest BCUT2D eigenvalue weighted by molar-refractivity contribution is 7.90. The van der Waals surface area contributed by atoms with E-state index in [4.69, 9.17) is 23.2 Å². The van der Waals surface area contributed by atoms with E-state index in [1.165, 1.54) is 12.3 Å². The van der Waals surface area contributed by atoms with E-state index in [0.717, 1.165) is 0 Å². The molecule has 0 saturated carbocycles. The third-order valence-electron chi connectivity index (χ3n) is 2.39. The molecule has 0 aliphatic rings. The van der Waals surface area contributed by atoms with Crippen LogP contribution in [0, 0.1) is 0 Å². The molecule has 1 aromatic rings. The summed E-state index contributed by atoms with van der Waals surface area (Å²) < 4.78 is 22.1. The number of rotatable bonds is 5. The van der Waals surface area contributed by atoms with Crippen molar-refractivity contribution >= 4 is 33.0 Å². The Bertz CT molecular complexity index is 531. The summed E-state index contributed by atoms with van der Waals surface area (Å²) in [6, 6.07) is 3.07. The molecule has 1 aromatic carbocycles. The van der Waals surface area contributed by atoms with Crippen LogP contribution in [0.25, 0.3) is 0 Å². The zero-order chi connectivity index (χ0) is 13.9. The first-order valence-electron chi connectivity index (χ1n) is 5.22. The largest absolute Gasteiger partial charge is 0.506 e. The van der Waals surface area contributed by atoms with Crippen molar-refractivity contribution in [3.63, 3.8) is 0 Å². The van der Waals surface area contributed by atoms with Crippen LogP contribution in [0.5, 0.6) is 5.75 Å². The molecule has 1 rings (SSSR count). The molecule has 0 atom stereocenters. The first-order valence-corrected chi connectivity index (χ1v) is 8.04. The Morgan fingerprint density at radius 2 is 1.94 bits per heavy atom. The lowest BCUT2D eigenvalue weighted by Crippen LogP contribution is -2.24. The molecule has 0 amide bonds. The van der Waals surface area contributed by atoms with Gasteiger partial charge in [0.05, 0.1) is 10.8 Å². The summed E-state index contributed by atoms with van der Waals surface area (Å²) in [5, 5.41) is 10.4. The Balaban J connectivity index is 2.73. The van der Waals surface area contributed by atoms with E-state index >= 15 is 0 Å². The number of halogens is 2. The van der Waals surface area contributed by atoms with Gasteiger partial charge >= 0.3 is 0 Å². The van der Waals surface area contributed by atoms with Crippen LogP contribution in [0.4, 0.5) is 0 Å². The number of sulfone groups is 1. The molecule has 0 fully saturated rings. The average molecular weight is 312 g/mol. The molecule has 4 nitrogen and oxygen atoms in total. The molecule has 0 aliphatic heterocycles. The number of phenolic OH excluding ortho intramolecular Hbond substituents is 1. The quantitative estimate of drug-likeness (QED) is 0.905. The van der Waals surface area contributed by atoms with E-state index in [1.54, 1.807) is 18.0 Å². The maximum atomic E-state index is 11.0. The van der Waals surface area contributed by atoms with Gasteiger partial charge in [-0.3, -0.25) is 0 Å². The fraction of sp³-hybridized carbons (Fsp3) is 0.455. The highest BCUT2D eigenvalue weighted by Crippen LogP contribution is 2.31. The van der Waals surface area contributed by atoms with Crippen molar-refractivity contribution in [1.82, 2.24) is 4.90 Å². The molecule has 1 N–H and O–H groups in total. The number of hydrogen-bond acceptors (Lipinski definition) is 4. The van der Waals surface area contributed by atoms with Gasteiger partial charge in [-0.25, -0.2) is 8.42 Å². The fourth-order valence-electron chi connectivity index (χ4n) is 1.43. The van der Waals surface area contributed by atoms with Gasteiger partial charge in [0.15, 0.2) is 0 Å². The molecule has 0 bridgehead atoms. The molecule has 18 heavy (non-hydrogen) atoms. The molecule has 0 unspecified atom stereocenters. The molecule has 0 spiro atoms. The minimum absolute atomic E-state index is 0.0210. The van der Waals surface area contributed by atoms with E-state index in [9.17, 15) is 13.5 Å². The highest BCUT2D eigenvalue weighted by atomic mass is 35.5. The zero-order valence-corrected chi connectivity index (χ0v) is 12.5. The first-order chi connectivity index (χ1) is 8.19. The van der Waals surface area contributed by atoms with Crippen molar-refractivity contribution in [3.8, 4) is 5.75 Å². The molecule has 0 radical (unpaired) electrons. The normalized spacial score (nSPS) is 12.1. The van der Waals surface area contributed by atoms with Gasteiger partial charge in [-0.2, -0.15) is 0 Å². The van der Waals surface area contributed by atoms with Gasteiger partial charge in [0.1, 0.15) is 15.6 Å². The standard InChI is InChI=1S/C11H15Cl2NO3S/c1-14(3-4-18(2,16)17)7-8-5-9(12)6-10(13)11(8)15/h5-6,15H,3-4,7H2,1-2H3. The predicted octanol–water partition coefficient (Wildman–Crippen LogP) is 2.18. The van der Waals surface area contributed by atoms with E-state index in [0.29, 0.717) is 23.7 Å². The minimum Gasteiger partial charge on any atom is -0.506 e. The molecular formula is C11H15Cl2NO3S. The van der Waals surface area contributed by atoms with Crippen LogP contribution in [0.1, 0.15) is 5.56 Å². The summed E-state index contributed by atoms with van der Waals surface area (Å²) in [7, 11) is -1.23. The first kappa shape index (κ1) is 15.6. The molecule has 0 saturated heterocycles. The molecule has 0 heterocycles. The van der Waals surface area contributed by atoms with Crippen molar-refractivity contribution < 1.29 is 13.5 Å². The molecule has 0 aromatic heterocycles. The Morgan fingerprint density at radius 3 is 2.50 bits per heavy atom. The Morgan fingerprint density at radius 1 is 1.33 bits per heavy atom. The lowest BCUT2D eigenvalue weighted by Gasteiger charge is -2.17. The lowest BCUT2D eigenvalue weighted by atomic mass is 10.2. The number of phenols is 1. The van der Waals surface area contributed by atoms with Crippen molar-refractivity contribution in [2.24, 2.45) is 0 Å².